The van der Waals surface area contributed by atoms with Gasteiger partial charge in [-0.2, -0.15) is 0 Å². The number of methoxy groups -OCH3 is 1. The third-order valence-corrected chi connectivity index (χ3v) is 5.25. The van der Waals surface area contributed by atoms with Crippen molar-refractivity contribution in [2.24, 2.45) is 0 Å². The SMILES string of the molecule is COCCNS(=O)(=O)c1ccc(C(=O)N2CCNC[C@@H]2C)cc1.Cl. The standard InChI is InChI=1S/C15H23N3O4S.ClH/c1-12-11-16-7-9-18(12)15(19)13-3-5-14(6-4-13)23(20,21)17-8-10-22-2;/h3-6,12,16-17H,7-11H2,1-2H3;1H/t12-;/m0./s1. The van der Waals surface area contributed by atoms with E-state index in [2.05, 4.69) is 10.0 Å². The van der Waals surface area contributed by atoms with Gasteiger partial charge in [-0.05, 0) is 31.2 Å². The Morgan fingerprint density at radius 1 is 1.38 bits per heavy atom. The first-order valence-corrected chi connectivity index (χ1v) is 9.04. The molecule has 9 heteroatoms. The highest BCUT2D eigenvalue weighted by molar-refractivity contribution is 7.89. The molecule has 1 aliphatic rings. The van der Waals surface area contributed by atoms with Gasteiger partial charge in [-0.1, -0.05) is 0 Å². The number of amides is 1. The van der Waals surface area contributed by atoms with Crippen LogP contribution < -0.4 is 10.0 Å². The summed E-state index contributed by atoms with van der Waals surface area (Å²) in [5.74, 6) is -0.0738. The highest BCUT2D eigenvalue weighted by Crippen LogP contribution is 2.14. The molecule has 136 valence electrons. The lowest BCUT2D eigenvalue weighted by Crippen LogP contribution is -2.52. The average molecular weight is 378 g/mol. The Balaban J connectivity index is 0.00000288. The van der Waals surface area contributed by atoms with Crippen LogP contribution in [0.3, 0.4) is 0 Å². The van der Waals surface area contributed by atoms with Crippen LogP contribution in [0.5, 0.6) is 0 Å². The van der Waals surface area contributed by atoms with Crippen molar-refractivity contribution in [3.8, 4) is 0 Å². The Morgan fingerprint density at radius 2 is 2.04 bits per heavy atom. The molecule has 0 unspecified atom stereocenters. The maximum Gasteiger partial charge on any atom is 0.254 e. The third-order valence-electron chi connectivity index (χ3n) is 3.77. The molecule has 0 bridgehead atoms. The quantitative estimate of drug-likeness (QED) is 0.703. The number of sulfonamides is 1. The van der Waals surface area contributed by atoms with Crippen molar-refractivity contribution in [1.29, 1.82) is 0 Å². The van der Waals surface area contributed by atoms with Gasteiger partial charge >= 0.3 is 0 Å². The zero-order valence-corrected chi connectivity index (χ0v) is 15.5. The molecule has 24 heavy (non-hydrogen) atoms. The van der Waals surface area contributed by atoms with Gasteiger partial charge in [0.05, 0.1) is 11.5 Å². The molecule has 1 atom stereocenters. The Labute approximate surface area is 149 Å². The van der Waals surface area contributed by atoms with Gasteiger partial charge in [-0.3, -0.25) is 4.79 Å². The molecule has 1 fully saturated rings. The van der Waals surface area contributed by atoms with Gasteiger partial charge in [0, 0.05) is 44.9 Å². The number of carbonyl (C=O) groups is 1. The molecule has 1 aromatic carbocycles. The van der Waals surface area contributed by atoms with E-state index in [1.807, 2.05) is 6.92 Å². The first-order chi connectivity index (χ1) is 11.0. The highest BCUT2D eigenvalue weighted by atomic mass is 35.5. The number of hydrogen-bond donors (Lipinski definition) is 2. The van der Waals surface area contributed by atoms with Gasteiger partial charge in [0.1, 0.15) is 0 Å². The lowest BCUT2D eigenvalue weighted by Gasteiger charge is -2.34. The molecule has 2 N–H and O–H groups in total. The summed E-state index contributed by atoms with van der Waals surface area (Å²) in [6, 6.07) is 6.14. The van der Waals surface area contributed by atoms with Crippen molar-refractivity contribution in [1.82, 2.24) is 14.9 Å². The summed E-state index contributed by atoms with van der Waals surface area (Å²) in [5, 5.41) is 3.23. The Kier molecular flexibility index (Phi) is 8.11. The fraction of sp³-hybridized carbons (Fsp3) is 0.533. The van der Waals surface area contributed by atoms with Crippen LogP contribution in [0.1, 0.15) is 17.3 Å². The molecule has 1 amide bonds. The maximum atomic E-state index is 12.5. The predicted molar refractivity (Wildman–Crippen MR) is 94.1 cm³/mol. The average Bonchev–Trinajstić information content (AvgIpc) is 2.55. The lowest BCUT2D eigenvalue weighted by molar-refractivity contribution is 0.0655. The first-order valence-electron chi connectivity index (χ1n) is 7.56. The summed E-state index contributed by atoms with van der Waals surface area (Å²) in [5.41, 5.74) is 0.495. The Morgan fingerprint density at radius 3 is 2.62 bits per heavy atom. The molecule has 0 spiro atoms. The van der Waals surface area contributed by atoms with E-state index in [0.717, 1.165) is 13.1 Å². The summed E-state index contributed by atoms with van der Waals surface area (Å²) in [6.07, 6.45) is 0. The number of nitrogens with one attached hydrogen (secondary N) is 2. The van der Waals surface area contributed by atoms with Gasteiger partial charge in [-0.15, -0.1) is 12.4 Å². The van der Waals surface area contributed by atoms with Crippen molar-refractivity contribution in [2.75, 3.05) is 39.9 Å². The summed E-state index contributed by atoms with van der Waals surface area (Å²) >= 11 is 0. The van der Waals surface area contributed by atoms with Crippen LogP contribution in [0.15, 0.2) is 29.2 Å². The number of hydrogen-bond acceptors (Lipinski definition) is 5. The smallest absolute Gasteiger partial charge is 0.254 e. The molecule has 0 radical (unpaired) electrons. The van der Waals surface area contributed by atoms with Crippen LogP contribution in [0.4, 0.5) is 0 Å². The van der Waals surface area contributed by atoms with Crippen LogP contribution >= 0.6 is 12.4 Å². The highest BCUT2D eigenvalue weighted by Gasteiger charge is 2.24. The van der Waals surface area contributed by atoms with Crippen LogP contribution in [-0.4, -0.2) is 65.2 Å². The van der Waals surface area contributed by atoms with Crippen molar-refractivity contribution >= 4 is 28.3 Å². The molecule has 1 aliphatic heterocycles. The molecule has 7 nitrogen and oxygen atoms in total. The van der Waals surface area contributed by atoms with Crippen molar-refractivity contribution in [2.45, 2.75) is 17.9 Å². The van der Waals surface area contributed by atoms with E-state index in [1.54, 1.807) is 17.0 Å². The summed E-state index contributed by atoms with van der Waals surface area (Å²) in [6.45, 7) is 4.68. The summed E-state index contributed by atoms with van der Waals surface area (Å²) in [7, 11) is -2.07. The normalized spacial score (nSPS) is 18.1. The molecule has 2 rings (SSSR count). The minimum absolute atomic E-state index is 0. The number of halogens is 1. The monoisotopic (exact) mass is 377 g/mol. The van der Waals surface area contributed by atoms with Crippen molar-refractivity contribution in [3.63, 3.8) is 0 Å². The molecular weight excluding hydrogens is 354 g/mol. The molecule has 1 aromatic rings. The van der Waals surface area contributed by atoms with E-state index >= 15 is 0 Å². The second kappa shape index (κ2) is 9.33. The largest absolute Gasteiger partial charge is 0.383 e. The van der Waals surface area contributed by atoms with E-state index in [1.165, 1.54) is 19.2 Å². The number of piperazine rings is 1. The lowest BCUT2D eigenvalue weighted by atomic mass is 10.1. The minimum Gasteiger partial charge on any atom is -0.383 e. The number of benzene rings is 1. The number of rotatable bonds is 6. The minimum atomic E-state index is -3.58. The molecule has 0 aliphatic carbocycles. The van der Waals surface area contributed by atoms with E-state index in [9.17, 15) is 13.2 Å². The molecule has 1 saturated heterocycles. The zero-order valence-electron chi connectivity index (χ0n) is 13.8. The number of nitrogens with zero attached hydrogens (tertiary/aromatic N) is 1. The molecule has 0 aromatic heterocycles. The zero-order chi connectivity index (χ0) is 16.9. The second-order valence-electron chi connectivity index (χ2n) is 5.47. The van der Waals surface area contributed by atoms with Crippen molar-refractivity contribution in [3.05, 3.63) is 29.8 Å². The summed E-state index contributed by atoms with van der Waals surface area (Å²) < 4.78 is 31.4. The number of carbonyl (C=O) groups excluding carboxylic acids is 1. The fourth-order valence-electron chi connectivity index (χ4n) is 2.45. The Bertz CT molecular complexity index is 637. The van der Waals surface area contributed by atoms with E-state index in [-0.39, 0.29) is 35.8 Å². The first kappa shape index (κ1) is 20.9. The fourth-order valence-corrected chi connectivity index (χ4v) is 3.46. The van der Waals surface area contributed by atoms with E-state index in [4.69, 9.17) is 4.74 Å². The predicted octanol–water partition coefficient (Wildman–Crippen LogP) is 0.467. The topological polar surface area (TPSA) is 87.7 Å². The molecular formula is C15H24ClN3O4S. The number of ether oxygens (including phenoxy) is 1. The van der Waals surface area contributed by atoms with Crippen LogP contribution in [0.25, 0.3) is 0 Å². The van der Waals surface area contributed by atoms with Crippen molar-refractivity contribution < 1.29 is 17.9 Å². The maximum absolute atomic E-state index is 12.5. The van der Waals surface area contributed by atoms with Gasteiger partial charge in [-0.25, -0.2) is 13.1 Å². The Hall–Kier alpha value is -1.19. The van der Waals surface area contributed by atoms with Crippen LogP contribution in [0, 0.1) is 0 Å². The van der Waals surface area contributed by atoms with Gasteiger partial charge in [0.25, 0.3) is 5.91 Å². The van der Waals surface area contributed by atoms with Crippen LogP contribution in [0.2, 0.25) is 0 Å². The van der Waals surface area contributed by atoms with E-state index in [0.29, 0.717) is 18.7 Å². The molecule has 0 saturated carbocycles. The second-order valence-corrected chi connectivity index (χ2v) is 7.23. The third kappa shape index (κ3) is 5.15. The van der Waals surface area contributed by atoms with E-state index < -0.39 is 10.0 Å². The van der Waals surface area contributed by atoms with Crippen LogP contribution in [-0.2, 0) is 14.8 Å². The van der Waals surface area contributed by atoms with Gasteiger partial charge < -0.3 is 15.0 Å². The van der Waals surface area contributed by atoms with Gasteiger partial charge in [0.15, 0.2) is 0 Å². The molecule has 1 heterocycles. The summed E-state index contributed by atoms with van der Waals surface area (Å²) in [4.78, 5) is 14.4. The van der Waals surface area contributed by atoms with Gasteiger partial charge in [0.2, 0.25) is 10.0 Å².